The van der Waals surface area contributed by atoms with Crippen LogP contribution in [0.15, 0.2) is 28.3 Å². The van der Waals surface area contributed by atoms with Gasteiger partial charge in [0.2, 0.25) is 0 Å². The second-order valence-corrected chi connectivity index (χ2v) is 1.55. The third kappa shape index (κ3) is 4.72. The van der Waals surface area contributed by atoms with Crippen molar-refractivity contribution in [3.8, 4) is 0 Å². The maximum atomic E-state index is 3.79. The molecule has 0 radical (unpaired) electrons. The minimum atomic E-state index is 0.994. The van der Waals surface area contributed by atoms with Gasteiger partial charge in [0.25, 0.3) is 0 Å². The summed E-state index contributed by atoms with van der Waals surface area (Å²) in [6, 6.07) is 0. The van der Waals surface area contributed by atoms with E-state index in [0.29, 0.717) is 0 Å². The second-order valence-electron chi connectivity index (χ2n) is 1.55. The third-order valence-corrected chi connectivity index (χ3v) is 0.692. The van der Waals surface area contributed by atoms with E-state index < -0.39 is 0 Å². The van der Waals surface area contributed by atoms with E-state index in [2.05, 4.69) is 22.4 Å². The van der Waals surface area contributed by atoms with Crippen LogP contribution in [-0.2, 0) is 0 Å². The highest BCUT2D eigenvalue weighted by molar-refractivity contribution is 5.77. The summed E-state index contributed by atoms with van der Waals surface area (Å²) in [6.07, 6.45) is 3.38. The fourth-order valence-corrected chi connectivity index (χ4v) is 0.384. The molecule has 0 saturated carbocycles. The Morgan fingerprint density at radius 3 is 2.78 bits per heavy atom. The molecular weight excluding hydrogens is 112 g/mol. The minimum absolute atomic E-state index is 0.994. The zero-order valence-corrected chi connectivity index (χ0v) is 5.76. The number of allylic oxidation sites excluding steroid dienone is 1. The Morgan fingerprint density at radius 1 is 1.67 bits per heavy atom. The van der Waals surface area contributed by atoms with Crippen LogP contribution in [0.1, 0.15) is 6.92 Å². The van der Waals surface area contributed by atoms with Gasteiger partial charge in [0.05, 0.1) is 0 Å². The van der Waals surface area contributed by atoms with Crippen molar-refractivity contribution in [1.29, 1.82) is 0 Å². The van der Waals surface area contributed by atoms with Gasteiger partial charge in [0.15, 0.2) is 0 Å². The molecule has 0 spiro atoms. The molecule has 2 nitrogen and oxygen atoms in total. The summed E-state index contributed by atoms with van der Waals surface area (Å²) in [6.45, 7) is 5.22. The maximum Gasteiger partial charge on any atom is 0.0412 e. The van der Waals surface area contributed by atoms with Gasteiger partial charge in [-0.25, -0.2) is 4.99 Å². The highest BCUT2D eigenvalue weighted by Gasteiger charge is 1.74. The van der Waals surface area contributed by atoms with Crippen LogP contribution in [-0.4, -0.2) is 19.1 Å². The lowest BCUT2D eigenvalue weighted by molar-refractivity contribution is 1.42. The molecule has 0 aromatic rings. The smallest absolute Gasteiger partial charge is 0.0412 e. The zero-order valence-electron chi connectivity index (χ0n) is 5.76. The van der Waals surface area contributed by atoms with Crippen molar-refractivity contribution < 1.29 is 0 Å². The van der Waals surface area contributed by atoms with Gasteiger partial charge in [0.1, 0.15) is 0 Å². The molecule has 0 atom stereocenters. The number of hydrogen-bond acceptors (Lipinski definition) is 2. The van der Waals surface area contributed by atoms with Crippen LogP contribution in [0.2, 0.25) is 0 Å². The normalized spacial score (nSPS) is 11.6. The maximum absolute atomic E-state index is 3.79. The summed E-state index contributed by atoms with van der Waals surface area (Å²) < 4.78 is 0. The van der Waals surface area contributed by atoms with Gasteiger partial charge >= 0.3 is 0 Å². The molecule has 0 unspecified atom stereocenters. The molecule has 0 amide bonds. The van der Waals surface area contributed by atoms with Crippen LogP contribution in [0.4, 0.5) is 0 Å². The van der Waals surface area contributed by atoms with Crippen molar-refractivity contribution in [1.82, 2.24) is 0 Å². The van der Waals surface area contributed by atoms with Crippen molar-refractivity contribution in [2.75, 3.05) is 7.05 Å². The van der Waals surface area contributed by atoms with Gasteiger partial charge in [0, 0.05) is 19.5 Å². The molecule has 0 bridgehead atoms. The number of nitrogens with zero attached hydrogens (tertiary/aromatic N) is 2. The van der Waals surface area contributed by atoms with Crippen LogP contribution in [0.5, 0.6) is 0 Å². The van der Waals surface area contributed by atoms with Crippen LogP contribution in [0.25, 0.3) is 0 Å². The molecule has 0 fully saturated rings. The summed E-state index contributed by atoms with van der Waals surface area (Å²) in [5.74, 6) is 2.39. The molecule has 0 rings (SSSR count). The molecular formula is C7H10N2. The molecule has 0 aromatic heterocycles. The van der Waals surface area contributed by atoms with Gasteiger partial charge in [-0.3, -0.25) is 4.99 Å². The predicted molar refractivity (Wildman–Crippen MR) is 41.2 cm³/mol. The Hall–Kier alpha value is -1.14. The second kappa shape index (κ2) is 5.01. The van der Waals surface area contributed by atoms with Crippen LogP contribution in [0.3, 0.4) is 0 Å². The Morgan fingerprint density at radius 2 is 2.33 bits per heavy atom. The lowest BCUT2D eigenvalue weighted by atomic mass is 10.4. The van der Waals surface area contributed by atoms with Gasteiger partial charge in [-0.2, -0.15) is 0 Å². The largest absolute Gasteiger partial charge is 0.296 e. The fourth-order valence-electron chi connectivity index (χ4n) is 0.384. The average molecular weight is 122 g/mol. The topological polar surface area (TPSA) is 24.7 Å². The zero-order chi connectivity index (χ0) is 7.11. The summed E-state index contributed by atoms with van der Waals surface area (Å²) in [5, 5.41) is 0. The molecule has 0 N–H and O–H groups in total. The van der Waals surface area contributed by atoms with Crippen LogP contribution >= 0.6 is 0 Å². The Labute approximate surface area is 55.3 Å². The van der Waals surface area contributed by atoms with Crippen molar-refractivity contribution in [2.24, 2.45) is 9.98 Å². The molecule has 48 valence electrons. The molecule has 0 heterocycles. The van der Waals surface area contributed by atoms with Crippen molar-refractivity contribution in [3.63, 3.8) is 0 Å². The van der Waals surface area contributed by atoms with Gasteiger partial charge < -0.3 is 0 Å². The first kappa shape index (κ1) is 7.86. The Balaban J connectivity index is 3.99. The summed E-state index contributed by atoms with van der Waals surface area (Å²) in [7, 11) is 1.72. The first-order valence-corrected chi connectivity index (χ1v) is 2.62. The van der Waals surface area contributed by atoms with E-state index in [0.717, 1.165) is 5.57 Å². The van der Waals surface area contributed by atoms with E-state index in [9.17, 15) is 0 Å². The monoisotopic (exact) mass is 122 g/mol. The van der Waals surface area contributed by atoms with Crippen molar-refractivity contribution in [2.45, 2.75) is 6.92 Å². The lowest BCUT2D eigenvalue weighted by Crippen LogP contribution is -1.73. The summed E-state index contributed by atoms with van der Waals surface area (Å²) >= 11 is 0. The van der Waals surface area contributed by atoms with Crippen LogP contribution < -0.4 is 0 Å². The molecule has 0 aliphatic carbocycles. The Kier molecular flexibility index (Phi) is 4.37. The van der Waals surface area contributed by atoms with E-state index in [4.69, 9.17) is 0 Å². The minimum Gasteiger partial charge on any atom is -0.296 e. The quantitative estimate of drug-likeness (QED) is 0.495. The average Bonchev–Trinajstić information content (AvgIpc) is 1.85. The van der Waals surface area contributed by atoms with Crippen molar-refractivity contribution in [3.05, 3.63) is 18.4 Å². The SMILES string of the molecule is C=C=N/C=C(C)\C=N/C. The third-order valence-electron chi connectivity index (χ3n) is 0.692. The highest BCUT2D eigenvalue weighted by Crippen LogP contribution is 1.85. The predicted octanol–water partition coefficient (Wildman–Crippen LogP) is 1.45. The lowest BCUT2D eigenvalue weighted by Gasteiger charge is -1.81. The first-order valence-electron chi connectivity index (χ1n) is 2.62. The number of rotatable bonds is 2. The van der Waals surface area contributed by atoms with Gasteiger partial charge in [-0.05, 0) is 24.9 Å². The molecule has 9 heavy (non-hydrogen) atoms. The van der Waals surface area contributed by atoms with Crippen LogP contribution in [0, 0.1) is 0 Å². The van der Waals surface area contributed by atoms with E-state index in [1.807, 2.05) is 6.92 Å². The highest BCUT2D eigenvalue weighted by atomic mass is 14.7. The van der Waals surface area contributed by atoms with Gasteiger partial charge in [-0.15, -0.1) is 0 Å². The molecule has 0 aromatic carbocycles. The number of hydrogen-bond donors (Lipinski definition) is 0. The van der Waals surface area contributed by atoms with Crippen molar-refractivity contribution >= 4 is 12.1 Å². The summed E-state index contributed by atoms with van der Waals surface area (Å²) in [5.41, 5.74) is 0.994. The molecule has 0 saturated heterocycles. The molecule has 2 heteroatoms. The van der Waals surface area contributed by atoms with E-state index >= 15 is 0 Å². The molecule has 0 aliphatic rings. The summed E-state index contributed by atoms with van der Waals surface area (Å²) in [4.78, 5) is 7.46. The fraction of sp³-hybridized carbons (Fsp3) is 0.286. The van der Waals surface area contributed by atoms with E-state index in [1.54, 1.807) is 19.5 Å². The molecule has 0 aliphatic heterocycles. The van der Waals surface area contributed by atoms with E-state index in [1.165, 1.54) is 0 Å². The van der Waals surface area contributed by atoms with E-state index in [-0.39, 0.29) is 0 Å². The number of aliphatic imine (C=N–C) groups is 2. The standard InChI is InChI=1S/C7H10N2/c1-4-9-6-7(2)5-8-3/h5-6H,1H2,2-3H3/b7-6-,8-5-. The Bertz CT molecular complexity index is 171. The van der Waals surface area contributed by atoms with Gasteiger partial charge in [-0.1, -0.05) is 0 Å². The first-order chi connectivity index (χ1) is 4.31.